The summed E-state index contributed by atoms with van der Waals surface area (Å²) < 4.78 is 10.7. The molecule has 1 aromatic heterocycles. The van der Waals surface area contributed by atoms with Gasteiger partial charge in [-0.3, -0.25) is 9.59 Å². The lowest BCUT2D eigenvalue weighted by molar-refractivity contribution is -0.121. The number of hydrogen-bond donors (Lipinski definition) is 2. The third-order valence-electron chi connectivity index (χ3n) is 3.83. The SMILES string of the molecule is COc1ccc(OCCCC(=O)NCc2c(C)cc(C)[nH]c2=O)cc1. The summed E-state index contributed by atoms with van der Waals surface area (Å²) in [4.78, 5) is 26.6. The van der Waals surface area contributed by atoms with Gasteiger partial charge < -0.3 is 19.8 Å². The van der Waals surface area contributed by atoms with Crippen molar-refractivity contribution in [1.82, 2.24) is 10.3 Å². The number of nitrogens with one attached hydrogen (secondary N) is 2. The Labute approximate surface area is 147 Å². The van der Waals surface area contributed by atoms with Gasteiger partial charge in [-0.05, 0) is 56.2 Å². The van der Waals surface area contributed by atoms with Gasteiger partial charge in [0.2, 0.25) is 5.91 Å². The number of benzene rings is 1. The number of ether oxygens (including phenoxy) is 2. The van der Waals surface area contributed by atoms with E-state index < -0.39 is 0 Å². The van der Waals surface area contributed by atoms with Crippen molar-refractivity contribution in [1.29, 1.82) is 0 Å². The Hall–Kier alpha value is -2.76. The zero-order valence-electron chi connectivity index (χ0n) is 14.8. The maximum absolute atomic E-state index is 11.9. The third-order valence-corrected chi connectivity index (χ3v) is 3.83. The fraction of sp³-hybridized carbons (Fsp3) is 0.368. The first kappa shape index (κ1) is 18.6. The van der Waals surface area contributed by atoms with Crippen molar-refractivity contribution in [2.24, 2.45) is 0 Å². The average Bonchev–Trinajstić information content (AvgIpc) is 2.58. The molecule has 0 aliphatic carbocycles. The van der Waals surface area contributed by atoms with Gasteiger partial charge >= 0.3 is 0 Å². The number of aryl methyl sites for hydroxylation is 2. The first-order valence-electron chi connectivity index (χ1n) is 8.22. The molecule has 2 N–H and O–H groups in total. The van der Waals surface area contributed by atoms with E-state index in [9.17, 15) is 9.59 Å². The molecule has 1 heterocycles. The zero-order chi connectivity index (χ0) is 18.2. The van der Waals surface area contributed by atoms with Crippen LogP contribution in [0.5, 0.6) is 11.5 Å². The van der Waals surface area contributed by atoms with Crippen LogP contribution in [0.3, 0.4) is 0 Å². The molecule has 0 unspecified atom stereocenters. The number of amides is 1. The second kappa shape index (κ2) is 8.92. The van der Waals surface area contributed by atoms with Crippen molar-refractivity contribution in [3.05, 3.63) is 57.5 Å². The van der Waals surface area contributed by atoms with Crippen LogP contribution in [0, 0.1) is 13.8 Å². The van der Waals surface area contributed by atoms with Gasteiger partial charge in [0.1, 0.15) is 11.5 Å². The summed E-state index contributed by atoms with van der Waals surface area (Å²) in [5, 5.41) is 2.78. The lowest BCUT2D eigenvalue weighted by Gasteiger charge is -2.09. The third kappa shape index (κ3) is 5.67. The highest BCUT2D eigenvalue weighted by molar-refractivity contribution is 5.75. The molecule has 0 bridgehead atoms. The Bertz CT molecular complexity index is 766. The van der Waals surface area contributed by atoms with Crippen molar-refractivity contribution in [2.45, 2.75) is 33.2 Å². The van der Waals surface area contributed by atoms with E-state index in [2.05, 4.69) is 10.3 Å². The smallest absolute Gasteiger partial charge is 0.253 e. The van der Waals surface area contributed by atoms with Crippen LogP contribution in [-0.2, 0) is 11.3 Å². The van der Waals surface area contributed by atoms with Crippen LogP contribution in [0.25, 0.3) is 0 Å². The number of hydrogen-bond acceptors (Lipinski definition) is 4. The van der Waals surface area contributed by atoms with Crippen molar-refractivity contribution in [3.63, 3.8) is 0 Å². The molecule has 6 heteroatoms. The molecule has 2 aromatic rings. The van der Waals surface area contributed by atoms with Gasteiger partial charge in [0.25, 0.3) is 5.56 Å². The summed E-state index contributed by atoms with van der Waals surface area (Å²) >= 11 is 0. The van der Waals surface area contributed by atoms with Crippen molar-refractivity contribution in [3.8, 4) is 11.5 Å². The van der Waals surface area contributed by atoms with Crippen LogP contribution < -0.4 is 20.3 Å². The lowest BCUT2D eigenvalue weighted by Crippen LogP contribution is -2.28. The quantitative estimate of drug-likeness (QED) is 0.721. The summed E-state index contributed by atoms with van der Waals surface area (Å²) in [6.07, 6.45) is 0.945. The molecule has 0 fully saturated rings. The molecular formula is C19H24N2O4. The second-order valence-electron chi connectivity index (χ2n) is 5.85. The molecule has 0 aliphatic heterocycles. The topological polar surface area (TPSA) is 80.4 Å². The molecule has 2 rings (SSSR count). The summed E-state index contributed by atoms with van der Waals surface area (Å²) in [6.45, 7) is 4.38. The number of rotatable bonds is 8. The fourth-order valence-electron chi connectivity index (χ4n) is 2.47. The number of H-pyrrole nitrogens is 1. The minimum absolute atomic E-state index is 0.0993. The van der Waals surface area contributed by atoms with Gasteiger partial charge in [0.05, 0.1) is 13.7 Å². The number of aromatic amines is 1. The highest BCUT2D eigenvalue weighted by Crippen LogP contribution is 2.17. The zero-order valence-corrected chi connectivity index (χ0v) is 14.8. The van der Waals surface area contributed by atoms with Crippen LogP contribution in [-0.4, -0.2) is 24.6 Å². The Kier molecular flexibility index (Phi) is 6.62. The Morgan fingerprint density at radius 1 is 1.16 bits per heavy atom. The summed E-state index contributed by atoms with van der Waals surface area (Å²) in [5.41, 5.74) is 2.13. The van der Waals surface area contributed by atoms with Crippen LogP contribution >= 0.6 is 0 Å². The minimum atomic E-state index is -0.152. The van der Waals surface area contributed by atoms with E-state index in [1.54, 1.807) is 7.11 Å². The van der Waals surface area contributed by atoms with Gasteiger partial charge in [-0.2, -0.15) is 0 Å². The first-order valence-corrected chi connectivity index (χ1v) is 8.22. The molecule has 0 saturated heterocycles. The van der Waals surface area contributed by atoms with E-state index in [1.165, 1.54) is 0 Å². The highest BCUT2D eigenvalue weighted by Gasteiger charge is 2.07. The minimum Gasteiger partial charge on any atom is -0.497 e. The number of carbonyl (C=O) groups is 1. The number of aromatic nitrogens is 1. The largest absolute Gasteiger partial charge is 0.497 e. The first-order chi connectivity index (χ1) is 12.0. The van der Waals surface area contributed by atoms with Gasteiger partial charge in [-0.15, -0.1) is 0 Å². The maximum atomic E-state index is 11.9. The predicted octanol–water partition coefficient (Wildman–Crippen LogP) is 2.48. The molecule has 0 atom stereocenters. The average molecular weight is 344 g/mol. The maximum Gasteiger partial charge on any atom is 0.253 e. The normalized spacial score (nSPS) is 10.4. The Morgan fingerprint density at radius 3 is 2.48 bits per heavy atom. The highest BCUT2D eigenvalue weighted by atomic mass is 16.5. The number of methoxy groups -OCH3 is 1. The van der Waals surface area contributed by atoms with Gasteiger partial charge in [0, 0.05) is 24.2 Å². The second-order valence-corrected chi connectivity index (χ2v) is 5.85. The molecule has 0 saturated carbocycles. The molecule has 25 heavy (non-hydrogen) atoms. The molecule has 1 amide bonds. The van der Waals surface area contributed by atoms with Crippen molar-refractivity contribution >= 4 is 5.91 Å². The fourth-order valence-corrected chi connectivity index (χ4v) is 2.47. The molecule has 0 spiro atoms. The standard InChI is InChI=1S/C19H24N2O4/c1-13-11-14(2)21-19(23)17(13)12-20-18(22)5-4-10-25-16-8-6-15(24-3)7-9-16/h6-9,11H,4-5,10,12H2,1-3H3,(H,20,22)(H,21,23). The van der Waals surface area contributed by atoms with Crippen LogP contribution in [0.1, 0.15) is 29.7 Å². The van der Waals surface area contributed by atoms with Crippen LogP contribution in [0.4, 0.5) is 0 Å². The van der Waals surface area contributed by atoms with E-state index >= 15 is 0 Å². The van der Waals surface area contributed by atoms with Gasteiger partial charge in [0.15, 0.2) is 0 Å². The molecule has 6 nitrogen and oxygen atoms in total. The van der Waals surface area contributed by atoms with Crippen molar-refractivity contribution in [2.75, 3.05) is 13.7 Å². The Balaban J connectivity index is 1.71. The predicted molar refractivity (Wildman–Crippen MR) is 96.1 cm³/mol. The number of carbonyl (C=O) groups excluding carboxylic acids is 1. The van der Waals surface area contributed by atoms with E-state index in [0.29, 0.717) is 25.0 Å². The molecule has 0 aliphatic rings. The summed E-state index contributed by atoms with van der Waals surface area (Å²) in [5.74, 6) is 1.41. The molecule has 1 aromatic carbocycles. The van der Waals surface area contributed by atoms with E-state index in [4.69, 9.17) is 9.47 Å². The molecule has 134 valence electrons. The van der Waals surface area contributed by atoms with Gasteiger partial charge in [-0.1, -0.05) is 0 Å². The van der Waals surface area contributed by atoms with Crippen LogP contribution in [0.2, 0.25) is 0 Å². The molecular weight excluding hydrogens is 320 g/mol. The monoisotopic (exact) mass is 344 g/mol. The van der Waals surface area contributed by atoms with Crippen molar-refractivity contribution < 1.29 is 14.3 Å². The number of pyridine rings is 1. The summed E-state index contributed by atoms with van der Waals surface area (Å²) in [7, 11) is 1.61. The summed E-state index contributed by atoms with van der Waals surface area (Å²) in [6, 6.07) is 9.19. The van der Waals surface area contributed by atoms with Crippen LogP contribution in [0.15, 0.2) is 35.1 Å². The Morgan fingerprint density at radius 2 is 1.84 bits per heavy atom. The lowest BCUT2D eigenvalue weighted by atomic mass is 10.1. The van der Waals surface area contributed by atoms with E-state index in [0.717, 1.165) is 22.8 Å². The van der Waals surface area contributed by atoms with Gasteiger partial charge in [-0.25, -0.2) is 0 Å². The van der Waals surface area contributed by atoms with E-state index in [-0.39, 0.29) is 18.0 Å². The molecule has 0 radical (unpaired) electrons. The van der Waals surface area contributed by atoms with E-state index in [1.807, 2.05) is 44.2 Å².